The van der Waals surface area contributed by atoms with Crippen molar-refractivity contribution in [3.63, 3.8) is 0 Å². The van der Waals surface area contributed by atoms with Crippen LogP contribution in [0.5, 0.6) is 0 Å². The minimum atomic E-state index is -0.550. The highest BCUT2D eigenvalue weighted by molar-refractivity contribution is 7.15. The average molecular weight is 390 g/mol. The number of carbonyl (C=O) groups is 1. The highest BCUT2D eigenvalue weighted by Crippen LogP contribution is 2.26. The predicted molar refractivity (Wildman–Crippen MR) is 105 cm³/mol. The second-order valence-corrected chi connectivity index (χ2v) is 7.23. The number of aromatic nitrogens is 3. The van der Waals surface area contributed by atoms with E-state index in [-0.39, 0.29) is 11.8 Å². The lowest BCUT2D eigenvalue weighted by Crippen LogP contribution is -2.19. The van der Waals surface area contributed by atoms with Crippen LogP contribution in [0.25, 0.3) is 16.2 Å². The summed E-state index contributed by atoms with van der Waals surface area (Å²) in [5, 5.41) is 8.79. The van der Waals surface area contributed by atoms with Crippen LogP contribution in [0.3, 0.4) is 0 Å². The van der Waals surface area contributed by atoms with Crippen LogP contribution >= 0.6 is 11.3 Å². The zero-order valence-electron chi connectivity index (χ0n) is 15.4. The molecule has 3 rings (SSSR count). The van der Waals surface area contributed by atoms with E-state index in [1.54, 1.807) is 16.6 Å². The Morgan fingerprint density at radius 1 is 1.33 bits per heavy atom. The van der Waals surface area contributed by atoms with Gasteiger partial charge in [-0.2, -0.15) is 4.98 Å². The fraction of sp³-hybridized carbons (Fsp3) is 0.421. The van der Waals surface area contributed by atoms with E-state index in [1.165, 1.54) is 23.5 Å². The maximum Gasteiger partial charge on any atom is 0.414 e. The molecule has 8 heteroatoms. The number of benzene rings is 1. The molecule has 27 heavy (non-hydrogen) atoms. The van der Waals surface area contributed by atoms with Crippen molar-refractivity contribution in [1.29, 1.82) is 0 Å². The Labute approximate surface area is 161 Å². The number of ether oxygens (including phenoxy) is 1. The number of hydrogen-bond acceptors (Lipinski definition) is 5. The van der Waals surface area contributed by atoms with Crippen molar-refractivity contribution in [3.05, 3.63) is 35.5 Å². The molecule has 3 aromatic rings. The Morgan fingerprint density at radius 2 is 2.11 bits per heavy atom. The molecule has 1 amide bonds. The fourth-order valence-electron chi connectivity index (χ4n) is 2.77. The number of nitrogens with one attached hydrogen (secondary N) is 1. The first-order valence-corrected chi connectivity index (χ1v) is 10.0. The normalized spacial score (nSPS) is 12.3. The zero-order valence-corrected chi connectivity index (χ0v) is 16.3. The van der Waals surface area contributed by atoms with Gasteiger partial charge in [-0.15, -0.1) is 16.4 Å². The number of nitrogens with zero attached hydrogens (tertiary/aromatic N) is 3. The Hall–Kier alpha value is -2.48. The smallest absolute Gasteiger partial charge is 0.414 e. The second-order valence-electron chi connectivity index (χ2n) is 6.40. The quantitative estimate of drug-likeness (QED) is 0.562. The van der Waals surface area contributed by atoms with Crippen molar-refractivity contribution in [3.8, 4) is 11.3 Å². The van der Waals surface area contributed by atoms with Crippen LogP contribution in [0.15, 0.2) is 29.6 Å². The summed E-state index contributed by atoms with van der Waals surface area (Å²) in [7, 11) is 0. The van der Waals surface area contributed by atoms with Crippen molar-refractivity contribution in [2.75, 3.05) is 11.9 Å². The Morgan fingerprint density at radius 3 is 2.81 bits per heavy atom. The number of amides is 1. The highest BCUT2D eigenvalue weighted by atomic mass is 32.1. The summed E-state index contributed by atoms with van der Waals surface area (Å²) in [6.45, 7) is 4.64. The van der Waals surface area contributed by atoms with E-state index < -0.39 is 6.09 Å². The minimum absolute atomic E-state index is 0.191. The van der Waals surface area contributed by atoms with Gasteiger partial charge in [-0.25, -0.2) is 13.7 Å². The standard InChI is InChI=1S/C19H23FN4O2S/c1-3-5-6-13(4-2)11-26-19(25)22-17-21-18-24(23-17)16(12-27-18)14-7-9-15(20)10-8-14/h7-10,12-13H,3-6,11H2,1-2H3,(H,22,23,25). The molecule has 0 aliphatic rings. The molecular weight excluding hydrogens is 367 g/mol. The molecule has 6 nitrogen and oxygen atoms in total. The molecule has 0 fully saturated rings. The Bertz CT molecular complexity index is 891. The molecule has 1 aromatic carbocycles. The van der Waals surface area contributed by atoms with Gasteiger partial charge < -0.3 is 4.74 Å². The summed E-state index contributed by atoms with van der Waals surface area (Å²) in [5.74, 6) is 0.272. The lowest BCUT2D eigenvalue weighted by atomic mass is 10.0. The van der Waals surface area contributed by atoms with Crippen molar-refractivity contribution in [1.82, 2.24) is 14.6 Å². The third-order valence-corrected chi connectivity index (χ3v) is 5.25. The molecule has 1 atom stereocenters. The SMILES string of the molecule is CCCCC(CC)COC(=O)Nc1nc2scc(-c3ccc(F)cc3)n2n1. The third-order valence-electron chi connectivity index (χ3n) is 4.43. The monoisotopic (exact) mass is 390 g/mol. The van der Waals surface area contributed by atoms with Crippen LogP contribution in [-0.4, -0.2) is 27.3 Å². The number of thiazole rings is 1. The predicted octanol–water partition coefficient (Wildman–Crippen LogP) is 5.36. The topological polar surface area (TPSA) is 68.5 Å². The number of carbonyl (C=O) groups excluding carboxylic acids is 1. The van der Waals surface area contributed by atoms with Gasteiger partial charge in [0.25, 0.3) is 5.95 Å². The van der Waals surface area contributed by atoms with Gasteiger partial charge in [-0.3, -0.25) is 5.32 Å². The second kappa shape index (κ2) is 8.94. The van der Waals surface area contributed by atoms with Crippen LogP contribution in [-0.2, 0) is 4.74 Å². The molecular formula is C19H23FN4O2S. The largest absolute Gasteiger partial charge is 0.449 e. The number of anilines is 1. The number of halogens is 1. The summed E-state index contributed by atoms with van der Waals surface area (Å²) in [4.78, 5) is 17.0. The van der Waals surface area contributed by atoms with Gasteiger partial charge in [-0.1, -0.05) is 33.1 Å². The summed E-state index contributed by atoms with van der Waals surface area (Å²) >= 11 is 1.40. The molecule has 2 heterocycles. The van der Waals surface area contributed by atoms with Crippen molar-refractivity contribution < 1.29 is 13.9 Å². The summed E-state index contributed by atoms with van der Waals surface area (Å²) in [6, 6.07) is 6.16. The summed E-state index contributed by atoms with van der Waals surface area (Å²) < 4.78 is 20.1. The van der Waals surface area contributed by atoms with Crippen molar-refractivity contribution in [2.24, 2.45) is 5.92 Å². The maximum atomic E-state index is 13.1. The molecule has 0 spiro atoms. The molecule has 0 radical (unpaired) electrons. The van der Waals surface area contributed by atoms with Crippen LogP contribution < -0.4 is 5.32 Å². The Balaban J connectivity index is 1.64. The average Bonchev–Trinajstić information content (AvgIpc) is 3.23. The van der Waals surface area contributed by atoms with Gasteiger partial charge in [0.2, 0.25) is 4.96 Å². The van der Waals surface area contributed by atoms with Gasteiger partial charge in [0.1, 0.15) is 5.82 Å². The van der Waals surface area contributed by atoms with Crippen LogP contribution in [0.2, 0.25) is 0 Å². The lowest BCUT2D eigenvalue weighted by molar-refractivity contribution is 0.136. The van der Waals surface area contributed by atoms with Gasteiger partial charge in [-0.05, 0) is 36.6 Å². The molecule has 1 unspecified atom stereocenters. The van der Waals surface area contributed by atoms with Gasteiger partial charge in [0.15, 0.2) is 0 Å². The van der Waals surface area contributed by atoms with E-state index in [1.807, 2.05) is 5.38 Å². The van der Waals surface area contributed by atoms with Crippen molar-refractivity contribution >= 4 is 28.3 Å². The molecule has 0 aliphatic heterocycles. The molecule has 144 valence electrons. The molecule has 0 bridgehead atoms. The van der Waals surface area contributed by atoms with E-state index in [2.05, 4.69) is 29.2 Å². The number of hydrogen-bond donors (Lipinski definition) is 1. The lowest BCUT2D eigenvalue weighted by Gasteiger charge is -2.14. The molecule has 0 saturated heterocycles. The van der Waals surface area contributed by atoms with E-state index in [9.17, 15) is 9.18 Å². The number of unbranched alkanes of at least 4 members (excludes halogenated alkanes) is 1. The van der Waals surface area contributed by atoms with E-state index >= 15 is 0 Å². The van der Waals surface area contributed by atoms with Crippen LogP contribution in [0.4, 0.5) is 15.1 Å². The third kappa shape index (κ3) is 4.82. The molecule has 0 saturated carbocycles. The minimum Gasteiger partial charge on any atom is -0.449 e. The first kappa shape index (κ1) is 19.3. The molecule has 0 aliphatic carbocycles. The first-order chi connectivity index (χ1) is 13.1. The molecule has 1 N–H and O–H groups in total. The van der Waals surface area contributed by atoms with Crippen LogP contribution in [0, 0.1) is 11.7 Å². The van der Waals surface area contributed by atoms with Gasteiger partial charge in [0.05, 0.1) is 12.3 Å². The maximum absolute atomic E-state index is 13.1. The molecule has 2 aromatic heterocycles. The highest BCUT2D eigenvalue weighted by Gasteiger charge is 2.15. The van der Waals surface area contributed by atoms with E-state index in [0.29, 0.717) is 17.5 Å². The van der Waals surface area contributed by atoms with Crippen molar-refractivity contribution in [2.45, 2.75) is 39.5 Å². The first-order valence-electron chi connectivity index (χ1n) is 9.14. The fourth-order valence-corrected chi connectivity index (χ4v) is 3.60. The zero-order chi connectivity index (χ0) is 19.2. The summed E-state index contributed by atoms with van der Waals surface area (Å²) in [6.07, 6.45) is 3.75. The van der Waals surface area contributed by atoms with Crippen LogP contribution in [0.1, 0.15) is 39.5 Å². The van der Waals surface area contributed by atoms with Gasteiger partial charge in [0, 0.05) is 10.9 Å². The van der Waals surface area contributed by atoms with Gasteiger partial charge >= 0.3 is 6.09 Å². The number of fused-ring (bicyclic) bond motifs is 1. The van der Waals surface area contributed by atoms with E-state index in [0.717, 1.165) is 36.9 Å². The summed E-state index contributed by atoms with van der Waals surface area (Å²) in [5.41, 5.74) is 1.61. The Kier molecular flexibility index (Phi) is 6.39. The van der Waals surface area contributed by atoms with E-state index in [4.69, 9.17) is 4.74 Å². The number of rotatable bonds is 8.